The molecule has 1 saturated heterocycles. The average molecular weight is 510 g/mol. The van der Waals surface area contributed by atoms with Crippen molar-refractivity contribution in [1.82, 2.24) is 9.80 Å². The van der Waals surface area contributed by atoms with Crippen LogP contribution in [0.25, 0.3) is 0 Å². The van der Waals surface area contributed by atoms with Crippen LogP contribution in [0, 0.1) is 5.92 Å². The van der Waals surface area contributed by atoms with Gasteiger partial charge >= 0.3 is 0 Å². The normalized spacial score (nSPS) is 20.8. The van der Waals surface area contributed by atoms with Crippen LogP contribution in [0.5, 0.6) is 23.0 Å². The molecule has 2 unspecified atom stereocenters. The van der Waals surface area contributed by atoms with Gasteiger partial charge in [-0.3, -0.25) is 9.59 Å². The molecule has 0 aromatic heterocycles. The van der Waals surface area contributed by atoms with Crippen LogP contribution in [-0.2, 0) is 16.1 Å². The second kappa shape index (κ2) is 10.9. The summed E-state index contributed by atoms with van der Waals surface area (Å²) in [6.45, 7) is 5.82. The first-order valence-electron chi connectivity index (χ1n) is 12.9. The zero-order chi connectivity index (χ0) is 25.9. The van der Waals surface area contributed by atoms with E-state index in [9.17, 15) is 9.59 Å². The quantitative estimate of drug-likeness (QED) is 0.610. The Balaban J connectivity index is 1.15. The summed E-state index contributed by atoms with van der Waals surface area (Å²) in [6, 6.07) is 9.42. The molecule has 0 spiro atoms. The van der Waals surface area contributed by atoms with Crippen LogP contribution >= 0.6 is 0 Å². The molecule has 5 rings (SSSR count). The van der Waals surface area contributed by atoms with E-state index in [1.165, 1.54) is 5.56 Å². The van der Waals surface area contributed by atoms with E-state index in [0.29, 0.717) is 55.5 Å². The number of likely N-dealkylation sites (tertiary alicyclic amines) is 1. The Hall–Kier alpha value is -3.46. The number of carbonyl (C=O) groups excluding carboxylic acids is 2. The van der Waals surface area contributed by atoms with Gasteiger partial charge in [-0.1, -0.05) is 6.92 Å². The van der Waals surface area contributed by atoms with E-state index >= 15 is 0 Å². The molecule has 0 bridgehead atoms. The smallest absolute Gasteiger partial charge is 0.231 e. The van der Waals surface area contributed by atoms with Gasteiger partial charge in [0.1, 0.15) is 0 Å². The van der Waals surface area contributed by atoms with Crippen molar-refractivity contribution >= 4 is 17.5 Å². The molecule has 9 nitrogen and oxygen atoms in total. The van der Waals surface area contributed by atoms with Gasteiger partial charge in [-0.2, -0.15) is 0 Å². The van der Waals surface area contributed by atoms with Crippen LogP contribution < -0.4 is 24.3 Å². The molecule has 1 fully saturated rings. The van der Waals surface area contributed by atoms with Gasteiger partial charge in [-0.15, -0.1) is 0 Å². The minimum atomic E-state index is -0.0573. The Morgan fingerprint density at radius 2 is 1.84 bits per heavy atom. The number of methoxy groups -OCH3 is 2. The van der Waals surface area contributed by atoms with Gasteiger partial charge in [0.25, 0.3) is 0 Å². The average Bonchev–Trinajstić information content (AvgIpc) is 3.39. The van der Waals surface area contributed by atoms with Gasteiger partial charge in [0, 0.05) is 44.4 Å². The minimum Gasteiger partial charge on any atom is -0.493 e. The number of rotatable bonds is 7. The van der Waals surface area contributed by atoms with Crippen molar-refractivity contribution in [1.29, 1.82) is 0 Å². The molecular formula is C28H35N3O6. The molecule has 1 N–H and O–H groups in total. The number of hydrogen-bond donors (Lipinski definition) is 1. The fraction of sp³-hybridized carbons (Fsp3) is 0.500. The number of anilines is 1. The summed E-state index contributed by atoms with van der Waals surface area (Å²) in [6.07, 6.45) is 2.19. The van der Waals surface area contributed by atoms with Crippen LogP contribution in [0.3, 0.4) is 0 Å². The lowest BCUT2D eigenvalue weighted by atomic mass is 9.88. The lowest BCUT2D eigenvalue weighted by Gasteiger charge is -2.38. The SMILES string of the molecule is COc1cc2c(cc1OC)C(C)CN(C(=O)C1CCCN(CCC(=O)Nc3ccc4c(c3)OCO4)C1)C2. The predicted octanol–water partition coefficient (Wildman–Crippen LogP) is 3.62. The number of ether oxygens (including phenoxy) is 4. The van der Waals surface area contributed by atoms with Crippen molar-refractivity contribution in [3.63, 3.8) is 0 Å². The number of benzene rings is 2. The molecule has 0 radical (unpaired) electrons. The van der Waals surface area contributed by atoms with E-state index in [1.807, 2.05) is 23.1 Å². The summed E-state index contributed by atoms with van der Waals surface area (Å²) in [5.74, 6) is 3.03. The number of fused-ring (bicyclic) bond motifs is 2. The number of carbonyl (C=O) groups is 2. The first-order valence-corrected chi connectivity index (χ1v) is 12.9. The zero-order valence-electron chi connectivity index (χ0n) is 21.7. The van der Waals surface area contributed by atoms with Gasteiger partial charge < -0.3 is 34.1 Å². The van der Waals surface area contributed by atoms with E-state index in [1.54, 1.807) is 26.4 Å². The maximum absolute atomic E-state index is 13.5. The zero-order valence-corrected chi connectivity index (χ0v) is 21.7. The maximum atomic E-state index is 13.5. The number of nitrogens with zero attached hydrogens (tertiary/aromatic N) is 2. The second-order valence-corrected chi connectivity index (χ2v) is 10.0. The minimum absolute atomic E-state index is 0.0560. The molecule has 3 aliphatic heterocycles. The monoisotopic (exact) mass is 509 g/mol. The molecule has 198 valence electrons. The molecule has 2 aromatic carbocycles. The van der Waals surface area contributed by atoms with E-state index in [0.717, 1.165) is 30.7 Å². The highest BCUT2D eigenvalue weighted by Gasteiger charge is 2.33. The van der Waals surface area contributed by atoms with Crippen molar-refractivity contribution in [2.24, 2.45) is 5.92 Å². The van der Waals surface area contributed by atoms with Crippen molar-refractivity contribution < 1.29 is 28.5 Å². The molecule has 0 saturated carbocycles. The first-order chi connectivity index (χ1) is 17.9. The molecule has 0 aliphatic carbocycles. The van der Waals surface area contributed by atoms with E-state index < -0.39 is 0 Å². The van der Waals surface area contributed by atoms with Crippen LogP contribution in [-0.4, -0.2) is 68.8 Å². The standard InChI is InChI=1S/C28H35N3O6/c1-18-14-31(16-20-11-24(34-2)25(35-3)13-22(18)20)28(33)19-5-4-9-30(15-19)10-8-27(32)29-21-6-7-23-26(12-21)37-17-36-23/h6-7,11-13,18-19H,4-5,8-10,14-17H2,1-3H3,(H,29,32). The van der Waals surface area contributed by atoms with E-state index in [4.69, 9.17) is 18.9 Å². The molecule has 37 heavy (non-hydrogen) atoms. The van der Waals surface area contributed by atoms with Gasteiger partial charge in [0.05, 0.1) is 20.1 Å². The first kappa shape index (κ1) is 25.2. The van der Waals surface area contributed by atoms with E-state index in [-0.39, 0.29) is 30.4 Å². The van der Waals surface area contributed by atoms with Crippen LogP contribution in [0.15, 0.2) is 30.3 Å². The number of amides is 2. The van der Waals surface area contributed by atoms with Gasteiger partial charge in [0.15, 0.2) is 23.0 Å². The molecule has 3 heterocycles. The molecule has 2 atom stereocenters. The summed E-state index contributed by atoms with van der Waals surface area (Å²) in [5.41, 5.74) is 3.01. The summed E-state index contributed by atoms with van der Waals surface area (Å²) >= 11 is 0. The lowest BCUT2D eigenvalue weighted by Crippen LogP contribution is -2.47. The number of nitrogens with one attached hydrogen (secondary N) is 1. The number of hydrogen-bond acceptors (Lipinski definition) is 7. The van der Waals surface area contributed by atoms with Crippen molar-refractivity contribution in [3.05, 3.63) is 41.5 Å². The Bertz CT molecular complexity index is 1170. The summed E-state index contributed by atoms with van der Waals surface area (Å²) in [5, 5.41) is 2.93. The summed E-state index contributed by atoms with van der Waals surface area (Å²) in [4.78, 5) is 30.3. The van der Waals surface area contributed by atoms with Gasteiger partial charge in [-0.05, 0) is 60.7 Å². The summed E-state index contributed by atoms with van der Waals surface area (Å²) < 4.78 is 21.7. The van der Waals surface area contributed by atoms with Crippen LogP contribution in [0.2, 0.25) is 0 Å². The Morgan fingerprint density at radius 3 is 2.65 bits per heavy atom. The molecule has 2 amide bonds. The third-order valence-corrected chi connectivity index (χ3v) is 7.51. The van der Waals surface area contributed by atoms with Crippen molar-refractivity contribution in [2.45, 2.75) is 38.6 Å². The van der Waals surface area contributed by atoms with E-state index in [2.05, 4.69) is 17.1 Å². The predicted molar refractivity (Wildman–Crippen MR) is 138 cm³/mol. The van der Waals surface area contributed by atoms with Crippen molar-refractivity contribution in [3.8, 4) is 23.0 Å². The maximum Gasteiger partial charge on any atom is 0.231 e. The topological polar surface area (TPSA) is 89.6 Å². The molecular weight excluding hydrogens is 474 g/mol. The van der Waals surface area contributed by atoms with Gasteiger partial charge in [-0.25, -0.2) is 0 Å². The van der Waals surface area contributed by atoms with Crippen LogP contribution in [0.4, 0.5) is 5.69 Å². The molecule has 2 aromatic rings. The summed E-state index contributed by atoms with van der Waals surface area (Å²) in [7, 11) is 3.27. The second-order valence-electron chi connectivity index (χ2n) is 10.0. The number of piperidine rings is 1. The highest BCUT2D eigenvalue weighted by Crippen LogP contribution is 2.38. The molecule has 3 aliphatic rings. The lowest BCUT2D eigenvalue weighted by molar-refractivity contribution is -0.138. The Kier molecular flexibility index (Phi) is 7.41. The Labute approximate surface area is 217 Å². The fourth-order valence-corrected chi connectivity index (χ4v) is 5.58. The molecule has 9 heteroatoms. The Morgan fingerprint density at radius 1 is 1.05 bits per heavy atom. The largest absolute Gasteiger partial charge is 0.493 e. The van der Waals surface area contributed by atoms with Gasteiger partial charge in [0.2, 0.25) is 18.6 Å². The highest BCUT2D eigenvalue weighted by atomic mass is 16.7. The van der Waals surface area contributed by atoms with Crippen molar-refractivity contribution in [2.75, 3.05) is 52.5 Å². The fourth-order valence-electron chi connectivity index (χ4n) is 5.58. The highest BCUT2D eigenvalue weighted by molar-refractivity contribution is 5.91. The van der Waals surface area contributed by atoms with Crippen LogP contribution in [0.1, 0.15) is 43.2 Å². The third-order valence-electron chi connectivity index (χ3n) is 7.51. The third kappa shape index (κ3) is 5.46.